The molecule has 15 heavy (non-hydrogen) atoms. The summed E-state index contributed by atoms with van der Waals surface area (Å²) in [7, 11) is 0. The van der Waals surface area contributed by atoms with Crippen LogP contribution in [0.25, 0.3) is 0 Å². The largest absolute Gasteiger partial charge is 0.307 e. The topological polar surface area (TPSA) is 12.0 Å². The van der Waals surface area contributed by atoms with Crippen LogP contribution in [0, 0.1) is 5.92 Å². The Bertz CT molecular complexity index is 199. The predicted octanol–water partition coefficient (Wildman–Crippen LogP) is 4.17. The standard InChI is InChI=1S/C12H21N.C2H6.H2/c1-4-10(3)13-12-9-7-6-8-11(12)5-2;1-2;/h6-13H,4-5H2,1-3H3;1-2H3;1H. The van der Waals surface area contributed by atoms with Crippen molar-refractivity contribution in [2.24, 2.45) is 5.92 Å². The van der Waals surface area contributed by atoms with Crippen LogP contribution in [0.5, 0.6) is 0 Å². The molecule has 3 unspecified atom stereocenters. The van der Waals surface area contributed by atoms with E-state index in [4.69, 9.17) is 0 Å². The smallest absolute Gasteiger partial charge is 0.0318 e. The average molecular weight is 211 g/mol. The first-order valence-corrected chi connectivity index (χ1v) is 6.39. The van der Waals surface area contributed by atoms with Gasteiger partial charge in [0, 0.05) is 13.5 Å². The molecule has 1 aliphatic rings. The van der Waals surface area contributed by atoms with Crippen LogP contribution in [-0.4, -0.2) is 12.1 Å². The van der Waals surface area contributed by atoms with Crippen molar-refractivity contribution in [1.82, 2.24) is 5.32 Å². The molecule has 0 fully saturated rings. The van der Waals surface area contributed by atoms with Crippen molar-refractivity contribution in [2.45, 2.75) is 59.5 Å². The van der Waals surface area contributed by atoms with Crippen molar-refractivity contribution in [2.75, 3.05) is 0 Å². The molecule has 0 aromatic rings. The fourth-order valence-electron chi connectivity index (χ4n) is 1.67. The molecule has 0 amide bonds. The minimum Gasteiger partial charge on any atom is -0.307 e. The van der Waals surface area contributed by atoms with Gasteiger partial charge in [0.15, 0.2) is 0 Å². The van der Waals surface area contributed by atoms with Crippen molar-refractivity contribution in [3.8, 4) is 0 Å². The highest BCUT2D eigenvalue weighted by Crippen LogP contribution is 2.16. The van der Waals surface area contributed by atoms with E-state index in [1.807, 2.05) is 13.8 Å². The van der Waals surface area contributed by atoms with Crippen molar-refractivity contribution in [3.63, 3.8) is 0 Å². The molecular weight excluding hydrogens is 182 g/mol. The molecule has 0 bridgehead atoms. The second kappa shape index (κ2) is 8.72. The first kappa shape index (κ1) is 14.4. The van der Waals surface area contributed by atoms with Gasteiger partial charge in [-0.3, -0.25) is 0 Å². The van der Waals surface area contributed by atoms with Crippen molar-refractivity contribution >= 4 is 0 Å². The summed E-state index contributed by atoms with van der Waals surface area (Å²) in [4.78, 5) is 0. The van der Waals surface area contributed by atoms with Crippen LogP contribution < -0.4 is 5.32 Å². The number of rotatable bonds is 4. The van der Waals surface area contributed by atoms with Gasteiger partial charge in [-0.05, 0) is 25.7 Å². The van der Waals surface area contributed by atoms with E-state index in [1.165, 1.54) is 12.8 Å². The fourth-order valence-corrected chi connectivity index (χ4v) is 1.67. The summed E-state index contributed by atoms with van der Waals surface area (Å²) in [5, 5.41) is 3.63. The van der Waals surface area contributed by atoms with Crippen molar-refractivity contribution in [1.29, 1.82) is 0 Å². The third-order valence-electron chi connectivity index (χ3n) is 2.81. The zero-order valence-corrected chi connectivity index (χ0v) is 11.0. The van der Waals surface area contributed by atoms with E-state index in [-0.39, 0.29) is 1.43 Å². The van der Waals surface area contributed by atoms with Gasteiger partial charge in [0.25, 0.3) is 0 Å². The number of nitrogens with one attached hydrogen (secondary N) is 1. The van der Waals surface area contributed by atoms with E-state index in [2.05, 4.69) is 50.4 Å². The SMILES string of the molecule is CC.CCC(C)NC1C=CC=CC1CC.[HH]. The Morgan fingerprint density at radius 2 is 1.80 bits per heavy atom. The van der Waals surface area contributed by atoms with Crippen LogP contribution in [-0.2, 0) is 0 Å². The number of allylic oxidation sites excluding steroid dienone is 2. The Hall–Kier alpha value is -0.560. The molecule has 1 N–H and O–H groups in total. The van der Waals surface area contributed by atoms with Gasteiger partial charge in [-0.15, -0.1) is 0 Å². The van der Waals surface area contributed by atoms with Gasteiger partial charge >= 0.3 is 0 Å². The molecule has 0 aromatic carbocycles. The van der Waals surface area contributed by atoms with Gasteiger partial charge in [0.05, 0.1) is 0 Å². The van der Waals surface area contributed by atoms with Crippen LogP contribution in [0.2, 0.25) is 0 Å². The molecule has 1 aliphatic carbocycles. The highest BCUT2D eigenvalue weighted by molar-refractivity contribution is 5.17. The highest BCUT2D eigenvalue weighted by Gasteiger charge is 2.17. The van der Waals surface area contributed by atoms with E-state index >= 15 is 0 Å². The van der Waals surface area contributed by atoms with Crippen molar-refractivity contribution in [3.05, 3.63) is 24.3 Å². The Morgan fingerprint density at radius 3 is 2.33 bits per heavy atom. The molecule has 0 radical (unpaired) electrons. The van der Waals surface area contributed by atoms with Gasteiger partial charge in [-0.2, -0.15) is 0 Å². The van der Waals surface area contributed by atoms with E-state index in [0.29, 0.717) is 18.0 Å². The van der Waals surface area contributed by atoms with Gasteiger partial charge in [-0.25, -0.2) is 0 Å². The minimum atomic E-state index is 0. The zero-order chi connectivity index (χ0) is 11.7. The first-order valence-electron chi connectivity index (χ1n) is 6.39. The van der Waals surface area contributed by atoms with E-state index in [0.717, 1.165) is 0 Å². The second-order valence-corrected chi connectivity index (χ2v) is 3.84. The molecule has 0 aromatic heterocycles. The molecule has 0 spiro atoms. The van der Waals surface area contributed by atoms with Gasteiger partial charge in [0.1, 0.15) is 0 Å². The van der Waals surface area contributed by atoms with Gasteiger partial charge in [-0.1, -0.05) is 52.0 Å². The van der Waals surface area contributed by atoms with Crippen LogP contribution in [0.15, 0.2) is 24.3 Å². The second-order valence-electron chi connectivity index (χ2n) is 3.84. The maximum Gasteiger partial charge on any atom is 0.0318 e. The van der Waals surface area contributed by atoms with E-state index in [9.17, 15) is 0 Å². The maximum absolute atomic E-state index is 3.63. The molecule has 0 saturated heterocycles. The number of hydrogen-bond donors (Lipinski definition) is 1. The maximum atomic E-state index is 3.63. The summed E-state index contributed by atoms with van der Waals surface area (Å²) >= 11 is 0. The van der Waals surface area contributed by atoms with E-state index in [1.54, 1.807) is 0 Å². The molecule has 1 nitrogen and oxygen atoms in total. The lowest BCUT2D eigenvalue weighted by atomic mass is 9.92. The van der Waals surface area contributed by atoms with Gasteiger partial charge < -0.3 is 5.32 Å². The van der Waals surface area contributed by atoms with Crippen LogP contribution >= 0.6 is 0 Å². The molecule has 0 aliphatic heterocycles. The summed E-state index contributed by atoms with van der Waals surface area (Å²) in [5.41, 5.74) is 0. The molecule has 1 heteroatoms. The molecular formula is C14H29N. The number of hydrogen-bond acceptors (Lipinski definition) is 1. The lowest BCUT2D eigenvalue weighted by Crippen LogP contribution is -2.39. The molecule has 0 heterocycles. The summed E-state index contributed by atoms with van der Waals surface area (Å²) in [5.74, 6) is 0.680. The molecule has 1 rings (SSSR count). The third kappa shape index (κ3) is 5.17. The summed E-state index contributed by atoms with van der Waals surface area (Å²) in [6.45, 7) is 10.7. The van der Waals surface area contributed by atoms with Crippen LogP contribution in [0.4, 0.5) is 0 Å². The van der Waals surface area contributed by atoms with Crippen LogP contribution in [0.3, 0.4) is 0 Å². The Kier molecular flexibility index (Phi) is 8.40. The normalized spacial score (nSPS) is 25.7. The summed E-state index contributed by atoms with van der Waals surface area (Å²) < 4.78 is 0. The zero-order valence-electron chi connectivity index (χ0n) is 11.0. The predicted molar refractivity (Wildman–Crippen MR) is 72.2 cm³/mol. The Balaban J connectivity index is 0. The Labute approximate surface area is 97.1 Å². The van der Waals surface area contributed by atoms with Crippen LogP contribution in [0.1, 0.15) is 48.9 Å². The first-order chi connectivity index (χ1) is 7.27. The lowest BCUT2D eigenvalue weighted by Gasteiger charge is -2.27. The molecule has 0 saturated carbocycles. The fraction of sp³-hybridized carbons (Fsp3) is 0.714. The third-order valence-corrected chi connectivity index (χ3v) is 2.81. The lowest BCUT2D eigenvalue weighted by molar-refractivity contribution is 0.404. The molecule has 90 valence electrons. The summed E-state index contributed by atoms with van der Waals surface area (Å²) in [6, 6.07) is 1.17. The van der Waals surface area contributed by atoms with Crippen molar-refractivity contribution < 1.29 is 1.43 Å². The quantitative estimate of drug-likeness (QED) is 0.736. The Morgan fingerprint density at radius 1 is 1.20 bits per heavy atom. The van der Waals surface area contributed by atoms with Gasteiger partial charge in [0.2, 0.25) is 0 Å². The monoisotopic (exact) mass is 211 g/mol. The minimum absolute atomic E-state index is 0. The average Bonchev–Trinajstić information content (AvgIpc) is 2.32. The molecule has 3 atom stereocenters. The summed E-state index contributed by atoms with van der Waals surface area (Å²) in [6.07, 6.45) is 11.3. The highest BCUT2D eigenvalue weighted by atomic mass is 14.9. The van der Waals surface area contributed by atoms with E-state index < -0.39 is 0 Å².